The largest absolute Gasteiger partial charge is 0.490 e. The number of hydrogen-bond acceptors (Lipinski definition) is 4. The second-order valence-corrected chi connectivity index (χ2v) is 5.98. The number of carbonyl (C=O) groups excluding carboxylic acids is 1. The quantitative estimate of drug-likeness (QED) is 0.469. The SMILES string of the molecule is CCOc1cc(/C=N/NC(=O)c2ccccc2)ccc1OCc1ccccc1. The molecule has 0 bridgehead atoms. The molecule has 5 nitrogen and oxygen atoms in total. The van der Waals surface area contributed by atoms with E-state index in [1.54, 1.807) is 30.5 Å². The van der Waals surface area contributed by atoms with Crippen molar-refractivity contribution in [3.8, 4) is 11.5 Å². The smallest absolute Gasteiger partial charge is 0.271 e. The van der Waals surface area contributed by atoms with Crippen LogP contribution in [0.4, 0.5) is 0 Å². The van der Waals surface area contributed by atoms with Crippen LogP contribution in [0.3, 0.4) is 0 Å². The van der Waals surface area contributed by atoms with E-state index in [0.717, 1.165) is 11.1 Å². The Hall–Kier alpha value is -3.60. The normalized spacial score (nSPS) is 10.6. The summed E-state index contributed by atoms with van der Waals surface area (Å²) in [5.74, 6) is 1.04. The summed E-state index contributed by atoms with van der Waals surface area (Å²) >= 11 is 0. The van der Waals surface area contributed by atoms with Crippen molar-refractivity contribution in [2.24, 2.45) is 5.10 Å². The number of hydrazone groups is 1. The van der Waals surface area contributed by atoms with Gasteiger partial charge < -0.3 is 9.47 Å². The van der Waals surface area contributed by atoms with Crippen molar-refractivity contribution >= 4 is 12.1 Å². The molecular weight excluding hydrogens is 352 g/mol. The van der Waals surface area contributed by atoms with Crippen molar-refractivity contribution in [2.45, 2.75) is 13.5 Å². The molecule has 0 radical (unpaired) electrons. The summed E-state index contributed by atoms with van der Waals surface area (Å²) in [6, 6.07) is 24.4. The molecule has 3 rings (SSSR count). The highest BCUT2D eigenvalue weighted by molar-refractivity contribution is 5.94. The Labute approximate surface area is 164 Å². The molecule has 28 heavy (non-hydrogen) atoms. The van der Waals surface area contributed by atoms with Gasteiger partial charge in [-0.3, -0.25) is 4.79 Å². The summed E-state index contributed by atoms with van der Waals surface area (Å²) in [5, 5.41) is 4.02. The number of hydrogen-bond donors (Lipinski definition) is 1. The highest BCUT2D eigenvalue weighted by Crippen LogP contribution is 2.28. The molecule has 0 heterocycles. The number of amides is 1. The summed E-state index contributed by atoms with van der Waals surface area (Å²) in [5.41, 5.74) is 4.95. The summed E-state index contributed by atoms with van der Waals surface area (Å²) in [6.07, 6.45) is 1.57. The average Bonchev–Trinajstić information content (AvgIpc) is 2.75. The third kappa shape index (κ3) is 5.45. The van der Waals surface area contributed by atoms with Gasteiger partial charge in [-0.05, 0) is 48.4 Å². The third-order valence-electron chi connectivity index (χ3n) is 3.92. The van der Waals surface area contributed by atoms with E-state index in [1.165, 1.54) is 0 Å². The van der Waals surface area contributed by atoms with Crippen LogP contribution in [0, 0.1) is 0 Å². The van der Waals surface area contributed by atoms with Gasteiger partial charge in [0.2, 0.25) is 0 Å². The van der Waals surface area contributed by atoms with Crippen molar-refractivity contribution in [1.82, 2.24) is 5.43 Å². The highest BCUT2D eigenvalue weighted by Gasteiger charge is 2.07. The van der Waals surface area contributed by atoms with Gasteiger partial charge in [-0.2, -0.15) is 5.10 Å². The van der Waals surface area contributed by atoms with E-state index < -0.39 is 0 Å². The topological polar surface area (TPSA) is 59.9 Å². The van der Waals surface area contributed by atoms with Gasteiger partial charge in [-0.15, -0.1) is 0 Å². The predicted molar refractivity (Wildman–Crippen MR) is 110 cm³/mol. The summed E-state index contributed by atoms with van der Waals surface area (Å²) < 4.78 is 11.6. The van der Waals surface area contributed by atoms with E-state index in [4.69, 9.17) is 9.47 Å². The molecule has 1 amide bonds. The van der Waals surface area contributed by atoms with Crippen LogP contribution in [0.1, 0.15) is 28.4 Å². The molecule has 1 N–H and O–H groups in total. The van der Waals surface area contributed by atoms with Crippen molar-refractivity contribution in [2.75, 3.05) is 6.61 Å². The standard InChI is InChI=1S/C23H22N2O3/c1-2-27-22-15-19(16-24-25-23(26)20-11-7-4-8-12-20)13-14-21(22)28-17-18-9-5-3-6-10-18/h3-16H,2,17H2,1H3,(H,25,26)/b24-16+. The third-order valence-corrected chi connectivity index (χ3v) is 3.92. The van der Waals surface area contributed by atoms with Crippen LogP contribution >= 0.6 is 0 Å². The Morgan fingerprint density at radius 3 is 2.36 bits per heavy atom. The molecule has 0 aliphatic heterocycles. The lowest BCUT2D eigenvalue weighted by Crippen LogP contribution is -2.17. The molecule has 0 fully saturated rings. The molecule has 0 saturated heterocycles. The van der Waals surface area contributed by atoms with Crippen LogP contribution in [0.5, 0.6) is 11.5 Å². The van der Waals surface area contributed by atoms with E-state index in [9.17, 15) is 4.79 Å². The fraction of sp³-hybridized carbons (Fsp3) is 0.130. The van der Waals surface area contributed by atoms with Gasteiger partial charge in [0.05, 0.1) is 12.8 Å². The summed E-state index contributed by atoms with van der Waals surface area (Å²) in [4.78, 5) is 12.0. The maximum atomic E-state index is 12.0. The van der Waals surface area contributed by atoms with E-state index >= 15 is 0 Å². The summed E-state index contributed by atoms with van der Waals surface area (Å²) in [6.45, 7) is 2.90. The molecule has 5 heteroatoms. The van der Waals surface area contributed by atoms with Crippen LogP contribution in [0.2, 0.25) is 0 Å². The molecule has 0 aliphatic carbocycles. The number of carbonyl (C=O) groups is 1. The Morgan fingerprint density at radius 1 is 0.929 bits per heavy atom. The molecule has 0 saturated carbocycles. The minimum absolute atomic E-state index is 0.260. The van der Waals surface area contributed by atoms with Crippen LogP contribution in [0.15, 0.2) is 84.0 Å². The van der Waals surface area contributed by atoms with Gasteiger partial charge in [0, 0.05) is 5.56 Å². The first-order chi connectivity index (χ1) is 13.8. The zero-order valence-corrected chi connectivity index (χ0v) is 15.7. The second-order valence-electron chi connectivity index (χ2n) is 5.98. The molecule has 0 aliphatic rings. The molecule has 0 aromatic heterocycles. The fourth-order valence-electron chi connectivity index (χ4n) is 2.55. The first-order valence-corrected chi connectivity index (χ1v) is 9.08. The first-order valence-electron chi connectivity index (χ1n) is 9.08. The Morgan fingerprint density at radius 2 is 1.64 bits per heavy atom. The van der Waals surface area contributed by atoms with E-state index in [0.29, 0.717) is 30.3 Å². The maximum absolute atomic E-state index is 12.0. The summed E-state index contributed by atoms with van der Waals surface area (Å²) in [7, 11) is 0. The zero-order valence-electron chi connectivity index (χ0n) is 15.7. The van der Waals surface area contributed by atoms with Crippen LogP contribution < -0.4 is 14.9 Å². The molecule has 3 aromatic rings. The van der Waals surface area contributed by atoms with Crippen LogP contribution in [0.25, 0.3) is 0 Å². The number of rotatable bonds is 8. The zero-order chi connectivity index (χ0) is 19.6. The Balaban J connectivity index is 1.65. The molecule has 3 aromatic carbocycles. The molecule has 0 spiro atoms. The first kappa shape index (κ1) is 19.2. The number of nitrogens with one attached hydrogen (secondary N) is 1. The number of ether oxygens (including phenoxy) is 2. The minimum atomic E-state index is -0.260. The Kier molecular flexibility index (Phi) is 6.79. The van der Waals surface area contributed by atoms with Gasteiger partial charge in [0.1, 0.15) is 6.61 Å². The van der Waals surface area contributed by atoms with Gasteiger partial charge in [0.25, 0.3) is 5.91 Å². The van der Waals surface area contributed by atoms with Crippen molar-refractivity contribution in [3.05, 3.63) is 95.6 Å². The lowest BCUT2D eigenvalue weighted by Gasteiger charge is -2.12. The predicted octanol–water partition coefficient (Wildman–Crippen LogP) is 4.43. The van der Waals surface area contributed by atoms with Crippen molar-refractivity contribution in [3.63, 3.8) is 0 Å². The number of nitrogens with zero attached hydrogens (tertiary/aromatic N) is 1. The van der Waals surface area contributed by atoms with Gasteiger partial charge in [0.15, 0.2) is 11.5 Å². The molecule has 142 valence electrons. The minimum Gasteiger partial charge on any atom is -0.490 e. The molecule has 0 unspecified atom stereocenters. The van der Waals surface area contributed by atoms with Gasteiger partial charge in [-0.25, -0.2) is 5.43 Å². The van der Waals surface area contributed by atoms with E-state index in [2.05, 4.69) is 10.5 Å². The lowest BCUT2D eigenvalue weighted by molar-refractivity contribution is 0.0955. The van der Waals surface area contributed by atoms with Crippen LogP contribution in [-0.4, -0.2) is 18.7 Å². The van der Waals surface area contributed by atoms with Crippen molar-refractivity contribution < 1.29 is 14.3 Å². The van der Waals surface area contributed by atoms with Gasteiger partial charge >= 0.3 is 0 Å². The fourth-order valence-corrected chi connectivity index (χ4v) is 2.55. The maximum Gasteiger partial charge on any atom is 0.271 e. The molecular formula is C23H22N2O3. The van der Waals surface area contributed by atoms with E-state index in [1.807, 2.05) is 61.5 Å². The second kappa shape index (κ2) is 9.92. The van der Waals surface area contributed by atoms with E-state index in [-0.39, 0.29) is 5.91 Å². The number of benzene rings is 3. The average molecular weight is 374 g/mol. The van der Waals surface area contributed by atoms with Crippen molar-refractivity contribution in [1.29, 1.82) is 0 Å². The van der Waals surface area contributed by atoms with Crippen LogP contribution in [-0.2, 0) is 6.61 Å². The Bertz CT molecular complexity index is 925. The monoisotopic (exact) mass is 374 g/mol. The van der Waals surface area contributed by atoms with Gasteiger partial charge in [-0.1, -0.05) is 48.5 Å². The highest BCUT2D eigenvalue weighted by atomic mass is 16.5. The lowest BCUT2D eigenvalue weighted by atomic mass is 10.2. The molecule has 0 atom stereocenters.